The van der Waals surface area contributed by atoms with E-state index in [1.165, 1.54) is 7.11 Å². The first kappa shape index (κ1) is 14.5. The number of ketones is 1. The number of rotatable bonds is 2. The van der Waals surface area contributed by atoms with E-state index in [4.69, 9.17) is 4.74 Å². The molecule has 1 aromatic rings. The molecule has 114 valence electrons. The predicted molar refractivity (Wildman–Crippen MR) is 79.4 cm³/mol. The molecule has 0 amide bonds. The Kier molecular flexibility index (Phi) is 3.79. The van der Waals surface area contributed by atoms with Gasteiger partial charge in [-0.05, 0) is 18.9 Å². The lowest BCUT2D eigenvalue weighted by Crippen LogP contribution is -2.41. The molecule has 1 aromatic heterocycles. The van der Waals surface area contributed by atoms with E-state index in [0.29, 0.717) is 17.7 Å². The quantitative estimate of drug-likeness (QED) is 0.840. The summed E-state index contributed by atoms with van der Waals surface area (Å²) in [5.74, 6) is -1.22. The van der Waals surface area contributed by atoms with Gasteiger partial charge in [-0.15, -0.1) is 0 Å². The summed E-state index contributed by atoms with van der Waals surface area (Å²) < 4.78 is 4.94. The fourth-order valence-electron chi connectivity index (χ4n) is 3.36. The van der Waals surface area contributed by atoms with Crippen molar-refractivity contribution in [2.75, 3.05) is 7.11 Å². The smallest absolute Gasteiger partial charge is 0.315 e. The first-order valence-corrected chi connectivity index (χ1v) is 7.39. The third-order valence-corrected chi connectivity index (χ3v) is 4.33. The minimum Gasteiger partial charge on any atom is -0.468 e. The van der Waals surface area contributed by atoms with E-state index in [1.807, 2.05) is 18.3 Å². The highest BCUT2D eigenvalue weighted by Gasteiger charge is 2.44. The Bertz CT molecular complexity index is 664. The average Bonchev–Trinajstić information content (AvgIpc) is 2.54. The molecule has 1 aliphatic carbocycles. The molecule has 0 fully saturated rings. The lowest BCUT2D eigenvalue weighted by molar-refractivity contribution is -0.378. The number of ether oxygens (including phenoxy) is 1. The zero-order chi connectivity index (χ0) is 15.7. The molecule has 3 rings (SSSR count). The second-order valence-electron chi connectivity index (χ2n) is 5.63. The van der Waals surface area contributed by atoms with Crippen molar-refractivity contribution in [1.29, 1.82) is 0 Å². The van der Waals surface area contributed by atoms with Gasteiger partial charge < -0.3 is 10.1 Å². The number of aromatic amines is 1. The highest BCUT2D eigenvalue weighted by atomic mass is 16.5. The number of aromatic nitrogens is 1. The molecule has 5 heteroatoms. The van der Waals surface area contributed by atoms with E-state index >= 15 is 0 Å². The van der Waals surface area contributed by atoms with Crippen LogP contribution in [-0.4, -0.2) is 18.9 Å². The summed E-state index contributed by atoms with van der Waals surface area (Å²) in [6, 6.07) is 3.78. The van der Waals surface area contributed by atoms with Crippen molar-refractivity contribution in [2.45, 2.75) is 25.2 Å². The zero-order valence-corrected chi connectivity index (χ0v) is 12.5. The molecule has 2 unspecified atom stereocenters. The van der Waals surface area contributed by atoms with E-state index in [0.717, 1.165) is 24.1 Å². The number of pyridine rings is 1. The maximum Gasteiger partial charge on any atom is 0.315 e. The van der Waals surface area contributed by atoms with Crippen LogP contribution in [0.1, 0.15) is 30.7 Å². The number of carbonyl (C=O) groups is 2. The Labute approximate surface area is 129 Å². The van der Waals surface area contributed by atoms with Gasteiger partial charge >= 0.3 is 5.97 Å². The van der Waals surface area contributed by atoms with Crippen molar-refractivity contribution >= 4 is 11.8 Å². The lowest BCUT2D eigenvalue weighted by Gasteiger charge is -2.37. The molecule has 5 nitrogen and oxygen atoms in total. The summed E-state index contributed by atoms with van der Waals surface area (Å²) in [5.41, 5.74) is 3.08. The topological polar surface area (TPSA) is 69.5 Å². The minimum atomic E-state index is -0.596. The number of H-pyrrole nitrogens is 1. The van der Waals surface area contributed by atoms with Gasteiger partial charge in [0, 0.05) is 40.9 Å². The van der Waals surface area contributed by atoms with E-state index in [-0.39, 0.29) is 17.7 Å². The van der Waals surface area contributed by atoms with Crippen LogP contribution >= 0.6 is 0 Å². The van der Waals surface area contributed by atoms with Gasteiger partial charge in [-0.2, -0.15) is 0 Å². The number of Topliss-reactive ketones (excluding diaryl/α,β-unsaturated/α-hetero) is 1. The molecule has 0 spiro atoms. The largest absolute Gasteiger partial charge is 0.468 e. The van der Waals surface area contributed by atoms with Crippen LogP contribution in [0.15, 0.2) is 48.1 Å². The number of allylic oxidation sites excluding steroid dienone is 2. The van der Waals surface area contributed by atoms with Crippen LogP contribution in [0.4, 0.5) is 0 Å². The molecular formula is C17H19N2O3+. The van der Waals surface area contributed by atoms with Crippen molar-refractivity contribution in [3.8, 4) is 0 Å². The first-order valence-electron chi connectivity index (χ1n) is 7.39. The summed E-state index contributed by atoms with van der Waals surface area (Å²) in [6.45, 7) is 3.99. The highest BCUT2D eigenvalue weighted by Crippen LogP contribution is 2.43. The monoisotopic (exact) mass is 299 g/mol. The van der Waals surface area contributed by atoms with Crippen molar-refractivity contribution in [2.24, 2.45) is 5.92 Å². The van der Waals surface area contributed by atoms with Crippen molar-refractivity contribution in [1.82, 2.24) is 5.32 Å². The molecular weight excluding hydrogens is 280 g/mol. The molecule has 2 N–H and O–H groups in total. The van der Waals surface area contributed by atoms with Crippen molar-refractivity contribution < 1.29 is 19.3 Å². The molecule has 0 radical (unpaired) electrons. The van der Waals surface area contributed by atoms with Crippen LogP contribution in [0.5, 0.6) is 0 Å². The number of carbonyl (C=O) groups excluding carboxylic acids is 2. The molecule has 2 aliphatic rings. The van der Waals surface area contributed by atoms with Crippen molar-refractivity contribution in [3.63, 3.8) is 0 Å². The summed E-state index contributed by atoms with van der Waals surface area (Å²) >= 11 is 0. The molecule has 0 bridgehead atoms. The number of methoxy groups -OCH3 is 1. The summed E-state index contributed by atoms with van der Waals surface area (Å²) in [6.07, 6.45) is 5.78. The average molecular weight is 299 g/mol. The van der Waals surface area contributed by atoms with E-state index in [1.54, 1.807) is 6.20 Å². The normalized spacial score (nSPS) is 24.6. The van der Waals surface area contributed by atoms with Crippen LogP contribution in [-0.2, 0) is 14.3 Å². The molecule has 0 aromatic carbocycles. The van der Waals surface area contributed by atoms with E-state index in [2.05, 4.69) is 16.9 Å². The van der Waals surface area contributed by atoms with E-state index in [9.17, 15) is 9.59 Å². The fourth-order valence-corrected chi connectivity index (χ4v) is 3.36. The number of esters is 1. The van der Waals surface area contributed by atoms with Gasteiger partial charge in [0.15, 0.2) is 18.2 Å². The molecule has 0 saturated heterocycles. The van der Waals surface area contributed by atoms with Gasteiger partial charge in [0.2, 0.25) is 0 Å². The third-order valence-electron chi connectivity index (χ3n) is 4.33. The summed E-state index contributed by atoms with van der Waals surface area (Å²) in [5, 5.41) is 3.17. The van der Waals surface area contributed by atoms with Gasteiger partial charge in [0.05, 0.1) is 7.11 Å². The lowest BCUT2D eigenvalue weighted by atomic mass is 9.72. The minimum absolute atomic E-state index is 0.101. The van der Waals surface area contributed by atoms with Gasteiger partial charge in [-0.25, -0.2) is 4.98 Å². The molecule has 0 saturated carbocycles. The van der Waals surface area contributed by atoms with Crippen LogP contribution < -0.4 is 10.3 Å². The van der Waals surface area contributed by atoms with Crippen LogP contribution in [0.25, 0.3) is 0 Å². The maximum atomic E-state index is 12.5. The van der Waals surface area contributed by atoms with Crippen LogP contribution in [0, 0.1) is 5.92 Å². The first-order chi connectivity index (χ1) is 10.6. The summed E-state index contributed by atoms with van der Waals surface area (Å²) in [7, 11) is 1.36. The molecule has 2 atom stereocenters. The number of hydrogen-bond acceptors (Lipinski definition) is 4. The van der Waals surface area contributed by atoms with E-state index < -0.39 is 5.92 Å². The maximum absolute atomic E-state index is 12.5. The SMILES string of the molecule is C=C1NC2=C(C(=O)CCC2)C(c2ccc[nH+]c2)C1C(=O)OC. The fraction of sp³-hybridized carbons (Fsp3) is 0.353. The molecule has 22 heavy (non-hydrogen) atoms. The van der Waals surface area contributed by atoms with Gasteiger partial charge in [0.25, 0.3) is 0 Å². The molecule has 1 aliphatic heterocycles. The highest BCUT2D eigenvalue weighted by molar-refractivity contribution is 6.00. The molecule has 2 heterocycles. The Morgan fingerprint density at radius 2 is 2.27 bits per heavy atom. The van der Waals surface area contributed by atoms with Gasteiger partial charge in [0.1, 0.15) is 5.92 Å². The Balaban J connectivity index is 2.16. The number of nitrogens with one attached hydrogen (secondary N) is 2. The Morgan fingerprint density at radius 3 is 2.95 bits per heavy atom. The van der Waals surface area contributed by atoms with Gasteiger partial charge in [-0.1, -0.05) is 6.58 Å². The third kappa shape index (κ3) is 2.32. The Morgan fingerprint density at radius 1 is 1.45 bits per heavy atom. The Hall–Kier alpha value is -2.43. The van der Waals surface area contributed by atoms with Gasteiger partial charge in [-0.3, -0.25) is 9.59 Å². The van der Waals surface area contributed by atoms with Crippen LogP contribution in [0.2, 0.25) is 0 Å². The zero-order valence-electron chi connectivity index (χ0n) is 12.5. The van der Waals surface area contributed by atoms with Crippen molar-refractivity contribution in [3.05, 3.63) is 53.6 Å². The standard InChI is InChI=1S/C17H18N2O3/c1-10-14(17(21)22-2)15(11-5-4-8-18-9-11)16-12(19-10)6-3-7-13(16)20/h4-5,8-9,14-15,19H,1,3,6-7H2,2H3/p+1. The summed E-state index contributed by atoms with van der Waals surface area (Å²) in [4.78, 5) is 27.8. The van der Waals surface area contributed by atoms with Crippen LogP contribution in [0.3, 0.4) is 0 Å². The predicted octanol–water partition coefficient (Wildman–Crippen LogP) is 1.50. The number of hydrogen-bond donors (Lipinski definition) is 1. The second-order valence-corrected chi connectivity index (χ2v) is 5.63. The second kappa shape index (κ2) is 5.75.